The fraction of sp³-hybridized carbons (Fsp3) is 0.136. The molecule has 33 heavy (non-hydrogen) atoms. The van der Waals surface area contributed by atoms with Gasteiger partial charge in [-0.2, -0.15) is 13.2 Å². The highest BCUT2D eigenvalue weighted by Crippen LogP contribution is 2.37. The average molecular weight is 540 g/mol. The van der Waals surface area contributed by atoms with Crippen LogP contribution >= 0.6 is 27.5 Å². The number of nitrogens with one attached hydrogen (secondary N) is 1. The number of halogens is 5. The number of rotatable bonds is 6. The van der Waals surface area contributed by atoms with E-state index in [0.29, 0.717) is 43.9 Å². The Hall–Kier alpha value is -3.11. The van der Waals surface area contributed by atoms with Gasteiger partial charge in [-0.05, 0) is 46.3 Å². The molecule has 0 amide bonds. The van der Waals surface area contributed by atoms with Crippen LogP contribution in [0.3, 0.4) is 0 Å². The van der Waals surface area contributed by atoms with Gasteiger partial charge in [0.15, 0.2) is 0 Å². The van der Waals surface area contributed by atoms with Gasteiger partial charge in [0, 0.05) is 41.3 Å². The number of pyridine rings is 2. The number of hydrogen-bond donors (Lipinski definition) is 1. The van der Waals surface area contributed by atoms with Gasteiger partial charge in [0.1, 0.15) is 33.7 Å². The molecule has 11 heteroatoms. The summed E-state index contributed by atoms with van der Waals surface area (Å²) >= 11 is 9.30. The Morgan fingerprint density at radius 1 is 1.09 bits per heavy atom. The SMILES string of the molecule is COc1cc(OCc2cncc(C(F)(F)F)c2)ccc1-c1[nH]c(-c2ccc(Cl)nc2)nc1Br. The van der Waals surface area contributed by atoms with Crippen LogP contribution in [0.25, 0.3) is 22.6 Å². The molecule has 0 spiro atoms. The van der Waals surface area contributed by atoms with Gasteiger partial charge in [-0.25, -0.2) is 9.97 Å². The van der Waals surface area contributed by atoms with E-state index in [0.717, 1.165) is 17.8 Å². The molecule has 170 valence electrons. The van der Waals surface area contributed by atoms with Gasteiger partial charge in [-0.15, -0.1) is 0 Å². The number of imidazole rings is 1. The normalized spacial score (nSPS) is 11.5. The van der Waals surface area contributed by atoms with Crippen molar-refractivity contribution in [1.82, 2.24) is 19.9 Å². The number of nitrogens with zero attached hydrogens (tertiary/aromatic N) is 3. The molecule has 0 unspecified atom stereocenters. The van der Waals surface area contributed by atoms with E-state index in [-0.39, 0.29) is 6.61 Å². The average Bonchev–Trinajstić information content (AvgIpc) is 3.19. The van der Waals surface area contributed by atoms with Crippen LogP contribution in [0.15, 0.2) is 59.6 Å². The number of alkyl halides is 3. The second kappa shape index (κ2) is 9.40. The zero-order chi connectivity index (χ0) is 23.6. The molecule has 1 N–H and O–H groups in total. The minimum Gasteiger partial charge on any atom is -0.496 e. The van der Waals surface area contributed by atoms with Crippen molar-refractivity contribution in [2.24, 2.45) is 0 Å². The number of benzene rings is 1. The summed E-state index contributed by atoms with van der Waals surface area (Å²) < 4.78 is 50.4. The molecule has 1 aromatic carbocycles. The van der Waals surface area contributed by atoms with E-state index >= 15 is 0 Å². The second-order valence-electron chi connectivity index (χ2n) is 6.85. The highest BCUT2D eigenvalue weighted by Gasteiger charge is 2.31. The van der Waals surface area contributed by atoms with Crippen molar-refractivity contribution in [3.63, 3.8) is 0 Å². The molecular formula is C22H15BrClF3N4O2. The number of ether oxygens (including phenoxy) is 2. The lowest BCUT2D eigenvalue weighted by atomic mass is 10.1. The molecule has 3 heterocycles. The van der Waals surface area contributed by atoms with Crippen molar-refractivity contribution >= 4 is 27.5 Å². The molecule has 0 fully saturated rings. The molecule has 6 nitrogen and oxygen atoms in total. The Bertz CT molecular complexity index is 1280. The largest absolute Gasteiger partial charge is 0.496 e. The van der Waals surface area contributed by atoms with Crippen molar-refractivity contribution in [2.45, 2.75) is 12.8 Å². The molecule has 0 aliphatic heterocycles. The Morgan fingerprint density at radius 2 is 1.91 bits per heavy atom. The summed E-state index contributed by atoms with van der Waals surface area (Å²) in [5, 5.41) is 0.378. The first kappa shape index (κ1) is 23.1. The third kappa shape index (κ3) is 5.28. The lowest BCUT2D eigenvalue weighted by Gasteiger charge is -2.12. The van der Waals surface area contributed by atoms with Crippen LogP contribution in [0.4, 0.5) is 13.2 Å². The van der Waals surface area contributed by atoms with Crippen LogP contribution < -0.4 is 9.47 Å². The summed E-state index contributed by atoms with van der Waals surface area (Å²) in [4.78, 5) is 15.4. The number of aromatic nitrogens is 4. The topological polar surface area (TPSA) is 72.9 Å². The predicted octanol–water partition coefficient (Wildman–Crippen LogP) is 6.56. The van der Waals surface area contributed by atoms with Crippen molar-refractivity contribution in [2.75, 3.05) is 7.11 Å². The van der Waals surface area contributed by atoms with Crippen LogP contribution in [0.1, 0.15) is 11.1 Å². The highest BCUT2D eigenvalue weighted by atomic mass is 79.9. The van der Waals surface area contributed by atoms with Crippen LogP contribution in [-0.4, -0.2) is 27.0 Å². The van der Waals surface area contributed by atoms with E-state index in [4.69, 9.17) is 21.1 Å². The Balaban J connectivity index is 1.56. The predicted molar refractivity (Wildman–Crippen MR) is 120 cm³/mol. The quantitative estimate of drug-likeness (QED) is 0.281. The maximum Gasteiger partial charge on any atom is 0.417 e. The molecule has 0 radical (unpaired) electrons. The number of H-pyrrole nitrogens is 1. The second-order valence-corrected chi connectivity index (χ2v) is 7.99. The highest BCUT2D eigenvalue weighted by molar-refractivity contribution is 9.10. The molecule has 0 bridgehead atoms. The van der Waals surface area contributed by atoms with Gasteiger partial charge >= 0.3 is 6.18 Å². The minimum absolute atomic E-state index is 0.0825. The van der Waals surface area contributed by atoms with Gasteiger partial charge in [-0.3, -0.25) is 4.98 Å². The van der Waals surface area contributed by atoms with E-state index in [9.17, 15) is 13.2 Å². The summed E-state index contributed by atoms with van der Waals surface area (Å²) in [7, 11) is 1.51. The Kier molecular flexibility index (Phi) is 6.57. The van der Waals surface area contributed by atoms with Crippen LogP contribution in [0, 0.1) is 0 Å². The zero-order valence-corrected chi connectivity index (χ0v) is 19.3. The van der Waals surface area contributed by atoms with E-state index in [1.165, 1.54) is 13.3 Å². The van der Waals surface area contributed by atoms with Gasteiger partial charge in [0.2, 0.25) is 0 Å². The smallest absolute Gasteiger partial charge is 0.417 e. The molecular weight excluding hydrogens is 525 g/mol. The van der Waals surface area contributed by atoms with Crippen molar-refractivity contribution in [3.05, 3.63) is 75.9 Å². The molecule has 0 aliphatic rings. The molecule has 0 saturated heterocycles. The third-order valence-corrected chi connectivity index (χ3v) is 5.43. The summed E-state index contributed by atoms with van der Waals surface area (Å²) in [6.45, 7) is -0.0825. The van der Waals surface area contributed by atoms with E-state index < -0.39 is 11.7 Å². The lowest BCUT2D eigenvalue weighted by molar-refractivity contribution is -0.137. The number of hydrogen-bond acceptors (Lipinski definition) is 5. The van der Waals surface area contributed by atoms with Crippen LogP contribution in [-0.2, 0) is 12.8 Å². The van der Waals surface area contributed by atoms with Crippen molar-refractivity contribution in [3.8, 4) is 34.1 Å². The van der Waals surface area contributed by atoms with E-state index in [1.807, 2.05) is 0 Å². The summed E-state index contributed by atoms with van der Waals surface area (Å²) in [6, 6.07) is 9.57. The summed E-state index contributed by atoms with van der Waals surface area (Å²) in [6.07, 6.45) is -0.756. The van der Waals surface area contributed by atoms with E-state index in [2.05, 4.69) is 35.9 Å². The van der Waals surface area contributed by atoms with Gasteiger partial charge < -0.3 is 14.5 Å². The molecule has 0 atom stereocenters. The number of methoxy groups -OCH3 is 1. The summed E-state index contributed by atoms with van der Waals surface area (Å²) in [5.74, 6) is 1.49. The Labute approximate surface area is 199 Å². The van der Waals surface area contributed by atoms with E-state index in [1.54, 1.807) is 36.5 Å². The fourth-order valence-corrected chi connectivity index (χ4v) is 3.64. The Morgan fingerprint density at radius 3 is 2.61 bits per heavy atom. The first-order valence-electron chi connectivity index (χ1n) is 9.44. The van der Waals surface area contributed by atoms with Crippen LogP contribution in [0.2, 0.25) is 5.15 Å². The standard InChI is InChI=1S/C22H15BrClF3N4O2/c1-32-17-7-15(33-11-12-6-14(10-28-8-12)22(25,26)27)3-4-16(17)19-20(23)31-21(30-19)13-2-5-18(24)29-9-13/h2-10H,11H2,1H3,(H,30,31). The molecule has 0 aliphatic carbocycles. The lowest BCUT2D eigenvalue weighted by Crippen LogP contribution is -2.07. The minimum atomic E-state index is -4.47. The number of aromatic amines is 1. The first-order valence-corrected chi connectivity index (χ1v) is 10.6. The van der Waals surface area contributed by atoms with Crippen molar-refractivity contribution < 1.29 is 22.6 Å². The molecule has 4 rings (SSSR count). The molecule has 3 aromatic heterocycles. The first-order chi connectivity index (χ1) is 15.7. The van der Waals surface area contributed by atoms with Gasteiger partial charge in [0.25, 0.3) is 0 Å². The monoisotopic (exact) mass is 538 g/mol. The maximum absolute atomic E-state index is 12.9. The van der Waals surface area contributed by atoms with Crippen molar-refractivity contribution in [1.29, 1.82) is 0 Å². The van der Waals surface area contributed by atoms with Crippen LogP contribution in [0.5, 0.6) is 11.5 Å². The third-order valence-electron chi connectivity index (χ3n) is 4.63. The fourth-order valence-electron chi connectivity index (χ4n) is 3.04. The molecule has 0 saturated carbocycles. The van der Waals surface area contributed by atoms with Gasteiger partial charge in [-0.1, -0.05) is 11.6 Å². The van der Waals surface area contributed by atoms with Gasteiger partial charge in [0.05, 0.1) is 18.4 Å². The molecule has 4 aromatic rings. The summed E-state index contributed by atoms with van der Waals surface area (Å²) in [5.41, 5.74) is 1.60. The maximum atomic E-state index is 12.9. The zero-order valence-electron chi connectivity index (χ0n) is 17.0.